The summed E-state index contributed by atoms with van der Waals surface area (Å²) in [7, 11) is 0. The molecule has 1 fully saturated rings. The number of allylic oxidation sites excluding steroid dienone is 1. The zero-order valence-electron chi connectivity index (χ0n) is 4.61. The second-order valence-electron chi connectivity index (χ2n) is 2.02. The molecule has 0 heterocycles. The minimum atomic E-state index is 0.525. The van der Waals surface area contributed by atoms with E-state index < -0.39 is 0 Å². The normalized spacial score (nSPS) is 19.0. The van der Waals surface area contributed by atoms with Crippen LogP contribution in [-0.4, -0.2) is 6.10 Å². The summed E-state index contributed by atoms with van der Waals surface area (Å²) in [4.78, 5) is 0. The highest BCUT2D eigenvalue weighted by molar-refractivity contribution is 4.83. The third-order valence-electron chi connectivity index (χ3n) is 0.892. The predicted molar refractivity (Wildman–Crippen MR) is 28.9 cm³/mol. The van der Waals surface area contributed by atoms with Crippen LogP contribution in [0.2, 0.25) is 0 Å². The third-order valence-corrected chi connectivity index (χ3v) is 0.892. The number of hydrogen-bond donors (Lipinski definition) is 0. The molecule has 1 rings (SSSR count). The van der Waals surface area contributed by atoms with E-state index in [2.05, 4.69) is 6.58 Å². The zero-order valence-corrected chi connectivity index (χ0v) is 4.61. The number of ether oxygens (including phenoxy) is 1. The highest BCUT2D eigenvalue weighted by Gasteiger charge is 2.22. The van der Waals surface area contributed by atoms with Crippen molar-refractivity contribution < 1.29 is 4.74 Å². The highest BCUT2D eigenvalue weighted by Crippen LogP contribution is 2.25. The minimum Gasteiger partial charge on any atom is -0.496 e. The molecule has 0 amide bonds. The lowest BCUT2D eigenvalue weighted by atomic mass is 10.6. The second-order valence-corrected chi connectivity index (χ2v) is 2.02. The Labute approximate surface area is 44.0 Å². The molecule has 0 saturated heterocycles. The average Bonchev–Trinajstić information content (AvgIpc) is 2.17. The van der Waals surface area contributed by atoms with Crippen molar-refractivity contribution in [3.63, 3.8) is 0 Å². The van der Waals surface area contributed by atoms with Crippen LogP contribution in [0.1, 0.15) is 19.8 Å². The number of hydrogen-bond acceptors (Lipinski definition) is 1. The summed E-state index contributed by atoms with van der Waals surface area (Å²) in [5.41, 5.74) is 0. The highest BCUT2D eigenvalue weighted by atomic mass is 16.5. The summed E-state index contributed by atoms with van der Waals surface area (Å²) in [5, 5.41) is 0. The Kier molecular flexibility index (Phi) is 1.05. The van der Waals surface area contributed by atoms with E-state index in [9.17, 15) is 0 Å². The first kappa shape index (κ1) is 4.69. The maximum Gasteiger partial charge on any atom is 0.0984 e. The van der Waals surface area contributed by atoms with Gasteiger partial charge in [0.15, 0.2) is 0 Å². The van der Waals surface area contributed by atoms with Crippen LogP contribution in [0.3, 0.4) is 0 Å². The van der Waals surface area contributed by atoms with Crippen LogP contribution in [0.15, 0.2) is 12.3 Å². The van der Waals surface area contributed by atoms with Crippen molar-refractivity contribution in [1.82, 2.24) is 0 Å². The van der Waals surface area contributed by atoms with E-state index in [1.54, 1.807) is 0 Å². The van der Waals surface area contributed by atoms with E-state index in [4.69, 9.17) is 4.74 Å². The van der Waals surface area contributed by atoms with Crippen molar-refractivity contribution in [1.29, 1.82) is 0 Å². The fourth-order valence-corrected chi connectivity index (χ4v) is 0.470. The summed E-state index contributed by atoms with van der Waals surface area (Å²) in [6.07, 6.45) is 2.98. The molecule has 0 N–H and O–H groups in total. The largest absolute Gasteiger partial charge is 0.496 e. The lowest BCUT2D eigenvalue weighted by Crippen LogP contribution is -1.86. The van der Waals surface area contributed by atoms with Crippen LogP contribution in [0.4, 0.5) is 0 Å². The molecule has 0 aromatic heterocycles. The summed E-state index contributed by atoms with van der Waals surface area (Å²) in [6, 6.07) is 0. The Morgan fingerprint density at radius 3 is 2.43 bits per heavy atom. The first-order valence-electron chi connectivity index (χ1n) is 2.61. The van der Waals surface area contributed by atoms with Crippen LogP contribution in [0, 0.1) is 0 Å². The molecule has 0 aromatic carbocycles. The van der Waals surface area contributed by atoms with Crippen LogP contribution < -0.4 is 0 Å². The van der Waals surface area contributed by atoms with E-state index in [-0.39, 0.29) is 0 Å². The smallest absolute Gasteiger partial charge is 0.0984 e. The lowest BCUT2D eigenvalue weighted by molar-refractivity contribution is 0.200. The maximum absolute atomic E-state index is 5.17. The van der Waals surface area contributed by atoms with Crippen molar-refractivity contribution in [3.8, 4) is 0 Å². The van der Waals surface area contributed by atoms with Gasteiger partial charge < -0.3 is 4.74 Å². The average molecular weight is 98.1 g/mol. The van der Waals surface area contributed by atoms with E-state index in [0.29, 0.717) is 6.10 Å². The molecule has 1 saturated carbocycles. The predicted octanol–water partition coefficient (Wildman–Crippen LogP) is 1.70. The summed E-state index contributed by atoms with van der Waals surface area (Å²) in [6.45, 7) is 5.50. The topological polar surface area (TPSA) is 9.23 Å². The summed E-state index contributed by atoms with van der Waals surface area (Å²) >= 11 is 0. The molecule has 0 atom stereocenters. The molecule has 0 radical (unpaired) electrons. The van der Waals surface area contributed by atoms with Crippen molar-refractivity contribution >= 4 is 0 Å². The maximum atomic E-state index is 5.17. The molecule has 7 heavy (non-hydrogen) atoms. The second kappa shape index (κ2) is 1.57. The van der Waals surface area contributed by atoms with Gasteiger partial charge >= 0.3 is 0 Å². The molecule has 1 aliphatic carbocycles. The van der Waals surface area contributed by atoms with Crippen LogP contribution in [0.5, 0.6) is 0 Å². The molecule has 0 aromatic rings. The summed E-state index contributed by atoms with van der Waals surface area (Å²) in [5.74, 6) is 0.850. The van der Waals surface area contributed by atoms with Gasteiger partial charge in [-0.2, -0.15) is 0 Å². The molecule has 0 aliphatic heterocycles. The molecule has 0 bridgehead atoms. The van der Waals surface area contributed by atoms with Gasteiger partial charge in [0.05, 0.1) is 11.9 Å². The summed E-state index contributed by atoms with van der Waals surface area (Å²) < 4.78 is 5.17. The quantitative estimate of drug-likeness (QED) is 0.477. The van der Waals surface area contributed by atoms with E-state index >= 15 is 0 Å². The SMILES string of the molecule is C=C(C)OC1CC1. The fraction of sp³-hybridized carbons (Fsp3) is 0.667. The van der Waals surface area contributed by atoms with E-state index in [1.807, 2.05) is 6.92 Å². The first-order chi connectivity index (χ1) is 3.29. The van der Waals surface area contributed by atoms with Gasteiger partial charge in [-0.25, -0.2) is 0 Å². The Morgan fingerprint density at radius 1 is 1.71 bits per heavy atom. The Hall–Kier alpha value is -0.460. The first-order valence-corrected chi connectivity index (χ1v) is 2.61. The van der Waals surface area contributed by atoms with E-state index in [0.717, 1.165) is 5.76 Å². The standard InChI is InChI=1S/C6H10O/c1-5(2)7-6-3-4-6/h6H,1,3-4H2,2H3. The Morgan fingerprint density at radius 2 is 2.29 bits per heavy atom. The monoisotopic (exact) mass is 98.1 g/mol. The Bertz CT molecular complexity index is 82.2. The van der Waals surface area contributed by atoms with E-state index in [1.165, 1.54) is 12.8 Å². The third kappa shape index (κ3) is 1.62. The van der Waals surface area contributed by atoms with Crippen molar-refractivity contribution in [2.45, 2.75) is 25.9 Å². The van der Waals surface area contributed by atoms with Gasteiger partial charge in [0.1, 0.15) is 0 Å². The molecule has 40 valence electrons. The fourth-order valence-electron chi connectivity index (χ4n) is 0.470. The van der Waals surface area contributed by atoms with Crippen LogP contribution >= 0.6 is 0 Å². The van der Waals surface area contributed by atoms with Gasteiger partial charge in [0.2, 0.25) is 0 Å². The molecule has 1 aliphatic rings. The van der Waals surface area contributed by atoms with Crippen LogP contribution in [-0.2, 0) is 4.74 Å². The molecular formula is C6H10O. The molecular weight excluding hydrogens is 88.1 g/mol. The van der Waals surface area contributed by atoms with Gasteiger partial charge in [-0.05, 0) is 19.8 Å². The molecule has 1 heteroatoms. The van der Waals surface area contributed by atoms with Crippen molar-refractivity contribution in [2.24, 2.45) is 0 Å². The van der Waals surface area contributed by atoms with Gasteiger partial charge in [-0.1, -0.05) is 6.58 Å². The zero-order chi connectivity index (χ0) is 5.28. The van der Waals surface area contributed by atoms with Crippen molar-refractivity contribution in [2.75, 3.05) is 0 Å². The molecule has 1 nitrogen and oxygen atoms in total. The number of rotatable bonds is 2. The molecule has 0 unspecified atom stereocenters. The lowest BCUT2D eigenvalue weighted by Gasteiger charge is -1.98. The van der Waals surface area contributed by atoms with Gasteiger partial charge in [-0.15, -0.1) is 0 Å². The van der Waals surface area contributed by atoms with Gasteiger partial charge in [0.25, 0.3) is 0 Å². The van der Waals surface area contributed by atoms with Gasteiger partial charge in [0, 0.05) is 0 Å². The minimum absolute atomic E-state index is 0.525. The van der Waals surface area contributed by atoms with Gasteiger partial charge in [-0.3, -0.25) is 0 Å². The van der Waals surface area contributed by atoms with Crippen LogP contribution in [0.25, 0.3) is 0 Å². The molecule has 0 spiro atoms. The van der Waals surface area contributed by atoms with Crippen molar-refractivity contribution in [3.05, 3.63) is 12.3 Å². The Balaban J connectivity index is 2.08.